The van der Waals surface area contributed by atoms with Gasteiger partial charge in [0.15, 0.2) is 0 Å². The van der Waals surface area contributed by atoms with Crippen LogP contribution in [0, 0.1) is 0 Å². The minimum absolute atomic E-state index is 0.242. The van der Waals surface area contributed by atoms with E-state index < -0.39 is 0 Å². The van der Waals surface area contributed by atoms with Gasteiger partial charge >= 0.3 is 0 Å². The van der Waals surface area contributed by atoms with E-state index in [-0.39, 0.29) is 11.9 Å². The molecular formula is C14H16N4O. The van der Waals surface area contributed by atoms with Gasteiger partial charge in [0.2, 0.25) is 5.91 Å². The van der Waals surface area contributed by atoms with Gasteiger partial charge in [-0.2, -0.15) is 0 Å². The van der Waals surface area contributed by atoms with Crippen LogP contribution in [0.5, 0.6) is 0 Å². The van der Waals surface area contributed by atoms with Crippen LogP contribution in [0.15, 0.2) is 30.5 Å². The van der Waals surface area contributed by atoms with Crippen molar-refractivity contribution >= 4 is 28.2 Å². The van der Waals surface area contributed by atoms with E-state index in [2.05, 4.69) is 4.98 Å². The number of nitrogens with zero attached hydrogens (tertiary/aromatic N) is 2. The highest BCUT2D eigenvalue weighted by atomic mass is 16.1. The predicted octanol–water partition coefficient (Wildman–Crippen LogP) is 1.27. The van der Waals surface area contributed by atoms with E-state index in [0.717, 1.165) is 36.0 Å². The summed E-state index contributed by atoms with van der Waals surface area (Å²) in [7, 11) is 0. The van der Waals surface area contributed by atoms with Gasteiger partial charge in [0.1, 0.15) is 6.04 Å². The number of aromatic nitrogens is 1. The van der Waals surface area contributed by atoms with Crippen molar-refractivity contribution in [3.05, 3.63) is 30.5 Å². The number of nitrogens with two attached hydrogens (primary N) is 2. The van der Waals surface area contributed by atoms with Crippen LogP contribution >= 0.6 is 0 Å². The molecule has 1 atom stereocenters. The molecule has 1 aliphatic heterocycles. The second-order valence-electron chi connectivity index (χ2n) is 4.83. The highest BCUT2D eigenvalue weighted by Crippen LogP contribution is 2.33. The molecule has 3 rings (SSSR count). The number of nitrogen functional groups attached to an aromatic ring is 1. The lowest BCUT2D eigenvalue weighted by molar-refractivity contribution is -0.119. The first-order valence-corrected chi connectivity index (χ1v) is 6.37. The molecule has 1 saturated heterocycles. The maximum Gasteiger partial charge on any atom is 0.240 e. The summed E-state index contributed by atoms with van der Waals surface area (Å²) in [6, 6.07) is 7.34. The molecule has 19 heavy (non-hydrogen) atoms. The van der Waals surface area contributed by atoms with Crippen molar-refractivity contribution in [1.29, 1.82) is 0 Å². The first kappa shape index (κ1) is 11.8. The second-order valence-corrected chi connectivity index (χ2v) is 4.83. The summed E-state index contributed by atoms with van der Waals surface area (Å²) in [6.45, 7) is 0.823. The standard InChI is InChI=1S/C14H16N4O/c15-10-5-6-11(13-9(10)3-1-7-17-13)18-8-2-4-12(18)14(16)19/h1,3,5-7,12H,2,4,8,15H2,(H2,16,19). The number of anilines is 2. The molecule has 98 valence electrons. The van der Waals surface area contributed by atoms with Crippen LogP contribution in [0.1, 0.15) is 12.8 Å². The van der Waals surface area contributed by atoms with Crippen LogP contribution in [-0.4, -0.2) is 23.5 Å². The van der Waals surface area contributed by atoms with Gasteiger partial charge in [-0.25, -0.2) is 0 Å². The Hall–Kier alpha value is -2.30. The van der Waals surface area contributed by atoms with Crippen molar-refractivity contribution in [2.45, 2.75) is 18.9 Å². The number of pyridine rings is 1. The van der Waals surface area contributed by atoms with E-state index in [1.54, 1.807) is 6.20 Å². The number of hydrogen-bond acceptors (Lipinski definition) is 4. The summed E-state index contributed by atoms with van der Waals surface area (Å²) in [6.07, 6.45) is 3.50. The molecule has 1 aromatic heterocycles. The monoisotopic (exact) mass is 256 g/mol. The van der Waals surface area contributed by atoms with Gasteiger partial charge in [-0.15, -0.1) is 0 Å². The van der Waals surface area contributed by atoms with Crippen LogP contribution in [-0.2, 0) is 4.79 Å². The topological polar surface area (TPSA) is 85.2 Å². The first-order valence-electron chi connectivity index (χ1n) is 6.37. The van der Waals surface area contributed by atoms with Gasteiger partial charge < -0.3 is 16.4 Å². The second kappa shape index (κ2) is 4.42. The van der Waals surface area contributed by atoms with Gasteiger partial charge in [-0.05, 0) is 37.1 Å². The zero-order chi connectivity index (χ0) is 13.4. The molecule has 0 radical (unpaired) electrons. The molecule has 0 bridgehead atoms. The number of hydrogen-bond donors (Lipinski definition) is 2. The fourth-order valence-corrected chi connectivity index (χ4v) is 2.76. The summed E-state index contributed by atoms with van der Waals surface area (Å²) in [4.78, 5) is 18.0. The van der Waals surface area contributed by atoms with Crippen molar-refractivity contribution in [3.63, 3.8) is 0 Å². The van der Waals surface area contributed by atoms with E-state index >= 15 is 0 Å². The normalized spacial score (nSPS) is 18.9. The third-order valence-electron chi connectivity index (χ3n) is 3.67. The lowest BCUT2D eigenvalue weighted by atomic mass is 10.1. The molecule has 0 saturated carbocycles. The molecule has 1 amide bonds. The molecule has 0 aliphatic carbocycles. The highest BCUT2D eigenvalue weighted by Gasteiger charge is 2.30. The smallest absolute Gasteiger partial charge is 0.240 e. The number of primary amides is 1. The van der Waals surface area contributed by atoms with E-state index in [9.17, 15) is 4.79 Å². The van der Waals surface area contributed by atoms with Crippen molar-refractivity contribution in [1.82, 2.24) is 4.98 Å². The first-order chi connectivity index (χ1) is 9.18. The molecule has 5 heteroatoms. The Morgan fingerprint density at radius 1 is 1.37 bits per heavy atom. The minimum atomic E-state index is -0.279. The molecule has 2 aromatic rings. The van der Waals surface area contributed by atoms with E-state index in [0.29, 0.717) is 5.69 Å². The highest BCUT2D eigenvalue weighted by molar-refractivity contribution is 6.00. The lowest BCUT2D eigenvalue weighted by Crippen LogP contribution is -2.40. The van der Waals surface area contributed by atoms with Gasteiger partial charge in [0.25, 0.3) is 0 Å². The lowest BCUT2D eigenvalue weighted by Gasteiger charge is -2.25. The SMILES string of the molecule is NC(=O)C1CCCN1c1ccc(N)c2cccnc12. The molecular weight excluding hydrogens is 240 g/mol. The maximum absolute atomic E-state index is 11.5. The van der Waals surface area contributed by atoms with Gasteiger partial charge in [0, 0.05) is 23.8 Å². The third-order valence-corrected chi connectivity index (χ3v) is 3.67. The van der Waals surface area contributed by atoms with Crippen LogP contribution in [0.4, 0.5) is 11.4 Å². The van der Waals surface area contributed by atoms with Crippen LogP contribution in [0.3, 0.4) is 0 Å². The van der Waals surface area contributed by atoms with Crippen molar-refractivity contribution in [3.8, 4) is 0 Å². The molecule has 1 fully saturated rings. The van der Waals surface area contributed by atoms with E-state index in [1.165, 1.54) is 0 Å². The molecule has 1 unspecified atom stereocenters. The Balaban J connectivity index is 2.15. The van der Waals surface area contributed by atoms with Crippen LogP contribution in [0.2, 0.25) is 0 Å². The average Bonchev–Trinajstić information content (AvgIpc) is 2.89. The summed E-state index contributed by atoms with van der Waals surface area (Å²) < 4.78 is 0. The van der Waals surface area contributed by atoms with Crippen molar-refractivity contribution < 1.29 is 4.79 Å². The minimum Gasteiger partial charge on any atom is -0.398 e. The Kier molecular flexibility index (Phi) is 2.74. The fraction of sp³-hybridized carbons (Fsp3) is 0.286. The van der Waals surface area contributed by atoms with Gasteiger partial charge in [0.05, 0.1) is 11.2 Å². The summed E-state index contributed by atoms with van der Waals surface area (Å²) >= 11 is 0. The largest absolute Gasteiger partial charge is 0.398 e. The number of benzene rings is 1. The van der Waals surface area contributed by atoms with Crippen LogP contribution in [0.25, 0.3) is 10.9 Å². The predicted molar refractivity (Wildman–Crippen MR) is 75.7 cm³/mol. The molecule has 5 nitrogen and oxygen atoms in total. The van der Waals surface area contributed by atoms with Crippen molar-refractivity contribution in [2.24, 2.45) is 5.73 Å². The average molecular weight is 256 g/mol. The maximum atomic E-state index is 11.5. The Bertz CT molecular complexity index is 640. The zero-order valence-corrected chi connectivity index (χ0v) is 10.5. The number of carbonyl (C=O) groups is 1. The molecule has 1 aromatic carbocycles. The zero-order valence-electron chi connectivity index (χ0n) is 10.5. The summed E-state index contributed by atoms with van der Waals surface area (Å²) in [5.41, 5.74) is 13.9. The molecule has 2 heterocycles. The third kappa shape index (κ3) is 1.87. The van der Waals surface area contributed by atoms with E-state index in [1.807, 2.05) is 29.2 Å². The Morgan fingerprint density at radius 3 is 3.00 bits per heavy atom. The molecule has 4 N–H and O–H groups in total. The van der Waals surface area contributed by atoms with Gasteiger partial charge in [-0.3, -0.25) is 9.78 Å². The number of amides is 1. The Morgan fingerprint density at radius 2 is 2.21 bits per heavy atom. The van der Waals surface area contributed by atoms with Crippen LogP contribution < -0.4 is 16.4 Å². The number of rotatable bonds is 2. The quantitative estimate of drug-likeness (QED) is 0.792. The molecule has 1 aliphatic rings. The van der Waals surface area contributed by atoms with Crippen molar-refractivity contribution in [2.75, 3.05) is 17.2 Å². The Labute approximate surface area is 111 Å². The summed E-state index contributed by atoms with van der Waals surface area (Å²) in [5.74, 6) is -0.279. The van der Waals surface area contributed by atoms with Gasteiger partial charge in [-0.1, -0.05) is 0 Å². The summed E-state index contributed by atoms with van der Waals surface area (Å²) in [5, 5.41) is 0.912. The molecule has 0 spiro atoms. The number of fused-ring (bicyclic) bond motifs is 1. The fourth-order valence-electron chi connectivity index (χ4n) is 2.76. The van der Waals surface area contributed by atoms with E-state index in [4.69, 9.17) is 11.5 Å². The number of carbonyl (C=O) groups excluding carboxylic acids is 1.